The fraction of sp³-hybridized carbons (Fsp3) is 0.754. The molecular weight excluding hydrogens is 969 g/mol. The molecular formula is C65H94N2O10. The number of ketones is 1. The van der Waals surface area contributed by atoms with Crippen LogP contribution in [0.15, 0.2) is 47.1 Å². The van der Waals surface area contributed by atoms with Crippen LogP contribution in [-0.4, -0.2) is 97.4 Å². The Morgan fingerprint density at radius 3 is 2.43 bits per heavy atom. The van der Waals surface area contributed by atoms with Crippen molar-refractivity contribution in [1.29, 1.82) is 0 Å². The Labute approximate surface area is 461 Å². The number of carbonyl (C=O) groups is 4. The maximum absolute atomic E-state index is 13.9. The van der Waals surface area contributed by atoms with Gasteiger partial charge in [-0.05, 0) is 205 Å². The average Bonchev–Trinajstić information content (AvgIpc) is 4.06. The molecule has 0 aromatic heterocycles. The van der Waals surface area contributed by atoms with E-state index in [0.717, 1.165) is 82.9 Å². The standard InChI is InChI=1S/C65H94N2O10/c1-11-29-65(73)31-28-51-48-22-18-42-35-45(68)21-23-47(42)58(48)49(39-63(51,65)7)41-16-19-44(20-17-41)67(9)33-34-75-46-27-30-62(6)43(36-46)37-54(76-57(71)14-12-13-32-66-60(72)77-61(3,4)5)59-52-25-24-50(40(2)15-26-56(70)74-10)64(52,8)55(69)38-53(59)62/h16-20,40,43,46,48-55,59,69,73H,12-15,21-28,30-39H2,1-10H3,(H,66,72)/t40-,43+,46+,48?,49-,50-,51?,52+,53+,54-,55+,59+,62+,63+,64-,65+/m1/s1. The molecule has 0 bridgehead atoms. The number of ether oxygens (including phenoxy) is 4. The Morgan fingerprint density at radius 2 is 1.70 bits per heavy atom. The van der Waals surface area contributed by atoms with Gasteiger partial charge in [-0.1, -0.05) is 57.4 Å². The molecule has 1 aromatic rings. The minimum absolute atomic E-state index is 0.0343. The summed E-state index contributed by atoms with van der Waals surface area (Å²) in [4.78, 5) is 53.3. The number of nitrogens with one attached hydrogen (secondary N) is 1. The number of rotatable bonds is 16. The lowest BCUT2D eigenvalue weighted by Crippen LogP contribution is -2.63. The Hall–Kier alpha value is -4.18. The van der Waals surface area contributed by atoms with Gasteiger partial charge in [-0.3, -0.25) is 14.4 Å². The van der Waals surface area contributed by atoms with Gasteiger partial charge in [-0.2, -0.15) is 0 Å². The number of allylic oxidation sites excluding steroid dienone is 4. The largest absolute Gasteiger partial charge is 0.469 e. The number of amides is 1. The lowest BCUT2D eigenvalue weighted by Gasteiger charge is -2.64. The van der Waals surface area contributed by atoms with Crippen molar-refractivity contribution in [2.24, 2.45) is 63.6 Å². The van der Waals surface area contributed by atoms with Crippen molar-refractivity contribution in [3.63, 3.8) is 0 Å². The third kappa shape index (κ3) is 11.2. The second-order valence-corrected chi connectivity index (χ2v) is 27.1. The van der Waals surface area contributed by atoms with Gasteiger partial charge in [0.25, 0.3) is 0 Å². The highest BCUT2D eigenvalue weighted by atomic mass is 16.6. The molecule has 7 fully saturated rings. The zero-order chi connectivity index (χ0) is 55.2. The maximum atomic E-state index is 13.9. The summed E-state index contributed by atoms with van der Waals surface area (Å²) >= 11 is 0. The van der Waals surface area contributed by atoms with Gasteiger partial charge in [0, 0.05) is 68.8 Å². The number of aliphatic hydroxyl groups is 2. The second-order valence-electron chi connectivity index (χ2n) is 27.1. The highest BCUT2D eigenvalue weighted by Crippen LogP contribution is 2.70. The van der Waals surface area contributed by atoms with Crippen LogP contribution in [-0.2, 0) is 33.3 Å². The normalized spacial score (nSPS) is 37.5. The van der Waals surface area contributed by atoms with Crippen LogP contribution in [0, 0.1) is 75.4 Å². The smallest absolute Gasteiger partial charge is 0.407 e. The number of hydrogen-bond donors (Lipinski definition) is 3. The Kier molecular flexibility index (Phi) is 17.0. The van der Waals surface area contributed by atoms with Crippen molar-refractivity contribution in [2.75, 3.05) is 38.8 Å². The molecule has 12 heteroatoms. The predicted octanol–water partition coefficient (Wildman–Crippen LogP) is 11.6. The number of nitrogens with zero attached hydrogens (tertiary/aromatic N) is 1. The van der Waals surface area contributed by atoms with E-state index in [0.29, 0.717) is 75.7 Å². The van der Waals surface area contributed by atoms with Crippen molar-refractivity contribution in [2.45, 2.75) is 213 Å². The number of hydrogen-bond acceptors (Lipinski definition) is 11. The van der Waals surface area contributed by atoms with E-state index in [2.05, 4.69) is 87.1 Å². The number of benzene rings is 1. The predicted molar refractivity (Wildman–Crippen MR) is 298 cm³/mol. The van der Waals surface area contributed by atoms with Crippen molar-refractivity contribution < 1.29 is 48.3 Å². The number of anilines is 1. The van der Waals surface area contributed by atoms with Gasteiger partial charge in [-0.15, -0.1) is 5.92 Å². The summed E-state index contributed by atoms with van der Waals surface area (Å²) in [5.74, 6) is 8.43. The fourth-order valence-electron chi connectivity index (χ4n) is 17.9. The van der Waals surface area contributed by atoms with Gasteiger partial charge in [0.1, 0.15) is 23.1 Å². The van der Waals surface area contributed by atoms with Crippen molar-refractivity contribution in [1.82, 2.24) is 5.32 Å². The maximum Gasteiger partial charge on any atom is 0.407 e. The summed E-state index contributed by atoms with van der Waals surface area (Å²) < 4.78 is 23.9. The molecule has 424 valence electrons. The van der Waals surface area contributed by atoms with E-state index in [1.54, 1.807) is 0 Å². The third-order valence-electron chi connectivity index (χ3n) is 22.0. The fourth-order valence-corrected chi connectivity index (χ4v) is 17.9. The molecule has 2 unspecified atom stereocenters. The van der Waals surface area contributed by atoms with Crippen molar-refractivity contribution in [3.8, 4) is 11.8 Å². The molecule has 8 aliphatic carbocycles. The molecule has 0 spiro atoms. The Balaban J connectivity index is 0.860. The first-order valence-corrected chi connectivity index (χ1v) is 30.0. The quantitative estimate of drug-likeness (QED) is 0.0625. The van der Waals surface area contributed by atoms with Crippen LogP contribution in [0.2, 0.25) is 0 Å². The number of carbonyl (C=O) groups excluding carboxylic acids is 4. The number of esters is 2. The van der Waals surface area contributed by atoms with Crippen LogP contribution in [0.3, 0.4) is 0 Å². The molecule has 77 heavy (non-hydrogen) atoms. The summed E-state index contributed by atoms with van der Waals surface area (Å²) in [5.41, 5.74) is 4.25. The first-order chi connectivity index (χ1) is 36.5. The number of alkyl carbamates (subject to hydrolysis) is 1. The van der Waals surface area contributed by atoms with Crippen LogP contribution >= 0.6 is 0 Å². The lowest BCUT2D eigenvalue weighted by molar-refractivity contribution is -0.219. The van der Waals surface area contributed by atoms with Crippen molar-refractivity contribution >= 4 is 29.5 Å². The number of fused-ring (bicyclic) bond motifs is 9. The molecule has 0 aliphatic heterocycles. The summed E-state index contributed by atoms with van der Waals surface area (Å²) in [6.07, 6.45) is 15.4. The number of Topliss-reactive ketones (excluding diaryl/α,β-unsaturated/α-hetero) is 1. The summed E-state index contributed by atoms with van der Waals surface area (Å²) in [6.45, 7) is 18.3. The zero-order valence-electron chi connectivity index (χ0n) is 48.5. The van der Waals surface area contributed by atoms with Gasteiger partial charge < -0.3 is 39.4 Å². The van der Waals surface area contributed by atoms with Gasteiger partial charge in [0.05, 0.1) is 25.9 Å². The lowest BCUT2D eigenvalue weighted by atomic mass is 9.43. The first-order valence-electron chi connectivity index (χ1n) is 30.0. The molecule has 0 heterocycles. The van der Waals surface area contributed by atoms with Gasteiger partial charge in [0.2, 0.25) is 0 Å². The summed E-state index contributed by atoms with van der Waals surface area (Å²) in [5, 5.41) is 27.4. The van der Waals surface area contributed by atoms with Crippen LogP contribution in [0.4, 0.5) is 10.5 Å². The van der Waals surface area contributed by atoms with Crippen LogP contribution in [0.1, 0.15) is 189 Å². The molecule has 1 aromatic carbocycles. The van der Waals surface area contributed by atoms with Crippen LogP contribution in [0.5, 0.6) is 0 Å². The number of unbranched alkanes of at least 4 members (excludes halogenated alkanes) is 1. The Bertz CT molecular complexity index is 2480. The van der Waals surface area contributed by atoms with Gasteiger partial charge in [0.15, 0.2) is 0 Å². The third-order valence-corrected chi connectivity index (χ3v) is 22.0. The molecule has 0 radical (unpaired) electrons. The van der Waals surface area contributed by atoms with E-state index in [-0.39, 0.29) is 88.2 Å². The van der Waals surface area contributed by atoms with Crippen molar-refractivity contribution in [3.05, 3.63) is 52.6 Å². The van der Waals surface area contributed by atoms with E-state index < -0.39 is 23.4 Å². The number of aliphatic hydroxyl groups excluding tert-OH is 1. The highest BCUT2D eigenvalue weighted by Gasteiger charge is 2.67. The Morgan fingerprint density at radius 1 is 0.935 bits per heavy atom. The molecule has 7 saturated carbocycles. The van der Waals surface area contributed by atoms with Crippen LogP contribution in [0.25, 0.3) is 0 Å². The molecule has 3 N–H and O–H groups in total. The van der Waals surface area contributed by atoms with E-state index in [1.165, 1.54) is 29.4 Å². The number of methoxy groups -OCH3 is 1. The van der Waals surface area contributed by atoms with E-state index in [1.807, 2.05) is 27.7 Å². The molecule has 16 atom stereocenters. The highest BCUT2D eigenvalue weighted by molar-refractivity contribution is 5.85. The van der Waals surface area contributed by atoms with E-state index in [4.69, 9.17) is 18.9 Å². The van der Waals surface area contributed by atoms with Gasteiger partial charge in [-0.25, -0.2) is 4.79 Å². The average molecular weight is 1060 g/mol. The van der Waals surface area contributed by atoms with E-state index >= 15 is 0 Å². The van der Waals surface area contributed by atoms with E-state index in [9.17, 15) is 29.4 Å². The molecule has 0 saturated heterocycles. The monoisotopic (exact) mass is 1060 g/mol. The molecule has 1 amide bonds. The second kappa shape index (κ2) is 22.8. The SMILES string of the molecule is CC#C[C@]1(O)CCC2C3CC=C4CC(=O)CCC4=C3[C@@H](c3ccc(N(C)CCO[C@H]4CC[C@@]5(C)[C@@H](C4)C[C@@H](OC(=O)CCCCNC(=O)OC(C)(C)C)[C@@H]4[C@@H]5C[C@H](O)[C@]5(C)[C@@H]([C@H](C)CCC(=O)OC)CC[C@@H]45)cc3)C[C@@]21C. The molecule has 9 rings (SSSR count). The minimum atomic E-state index is -1.02. The molecule has 8 aliphatic rings. The summed E-state index contributed by atoms with van der Waals surface area (Å²) in [6, 6.07) is 9.08. The molecule has 12 nitrogen and oxygen atoms in total. The first kappa shape index (κ1) is 57.5. The summed E-state index contributed by atoms with van der Waals surface area (Å²) in [7, 11) is 3.57. The topological polar surface area (TPSA) is 161 Å². The zero-order valence-corrected chi connectivity index (χ0v) is 48.5. The van der Waals surface area contributed by atoms with Gasteiger partial charge >= 0.3 is 18.0 Å². The number of likely N-dealkylation sites (N-methyl/N-ethyl adjacent to an activating group) is 1. The van der Waals surface area contributed by atoms with Crippen LogP contribution < -0.4 is 10.2 Å². The minimum Gasteiger partial charge on any atom is -0.469 e.